The van der Waals surface area contributed by atoms with Gasteiger partial charge < -0.3 is 19.6 Å². The van der Waals surface area contributed by atoms with Crippen molar-refractivity contribution in [2.45, 2.75) is 0 Å². The van der Waals surface area contributed by atoms with E-state index in [1.807, 2.05) is 0 Å². The van der Waals surface area contributed by atoms with E-state index in [1.54, 1.807) is 0 Å². The molecule has 0 spiro atoms. The Kier molecular flexibility index (Phi) is 2.64. The highest BCUT2D eigenvalue weighted by Crippen LogP contribution is 2.96. The van der Waals surface area contributed by atoms with Crippen LogP contribution >= 0.6 is 22.9 Å². The molecule has 0 saturated heterocycles. The van der Waals surface area contributed by atoms with Gasteiger partial charge in [0, 0.05) is 0 Å². The molecule has 0 aromatic heterocycles. The standard InChI is InChI=1S/C4H8O6P2S/c5-11(6,7)13(12(8,9)10)3-1-2-4-13/h1-4H,(H2,5,6,7)(H2,8,9,10). The number of hydrogen-bond acceptors (Lipinski definition) is 2. The average Bonchev–Trinajstić information content (AvgIpc) is 2.28. The van der Waals surface area contributed by atoms with Gasteiger partial charge in [0.1, 0.15) is 0 Å². The lowest BCUT2D eigenvalue weighted by Crippen LogP contribution is -1.93. The lowest BCUT2D eigenvalue weighted by molar-refractivity contribution is 0.390. The Morgan fingerprint density at radius 1 is 0.846 bits per heavy atom. The molecule has 0 aromatic carbocycles. The van der Waals surface area contributed by atoms with Crippen molar-refractivity contribution in [3.8, 4) is 0 Å². The van der Waals surface area contributed by atoms with Crippen LogP contribution in [0.4, 0.5) is 0 Å². The first-order chi connectivity index (χ1) is 5.71. The molecule has 76 valence electrons. The molecule has 0 aliphatic carbocycles. The van der Waals surface area contributed by atoms with Gasteiger partial charge in [-0.1, -0.05) is 12.2 Å². The molecule has 9 heteroatoms. The van der Waals surface area contributed by atoms with E-state index in [2.05, 4.69) is 0 Å². The Balaban J connectivity index is 3.37. The smallest absolute Gasteiger partial charge is 0.317 e. The van der Waals surface area contributed by atoms with E-state index in [-0.39, 0.29) is 0 Å². The summed E-state index contributed by atoms with van der Waals surface area (Å²) in [4.78, 5) is 35.4. The van der Waals surface area contributed by atoms with Crippen LogP contribution in [0.5, 0.6) is 0 Å². The topological polar surface area (TPSA) is 115 Å². The molecule has 0 unspecified atom stereocenters. The first kappa shape index (κ1) is 11.2. The molecular weight excluding hydrogens is 238 g/mol. The molecule has 0 fully saturated rings. The van der Waals surface area contributed by atoms with E-state index in [9.17, 15) is 9.13 Å². The molecule has 1 aliphatic rings. The minimum atomic E-state index is -4.82. The monoisotopic (exact) mass is 246 g/mol. The van der Waals surface area contributed by atoms with Gasteiger partial charge in [-0.3, -0.25) is 0 Å². The minimum Gasteiger partial charge on any atom is -0.317 e. The fraction of sp³-hybridized carbons (Fsp3) is 0. The molecule has 1 rings (SSSR count). The van der Waals surface area contributed by atoms with Gasteiger partial charge in [0.2, 0.25) is 0 Å². The Bertz CT molecular complexity index is 325. The van der Waals surface area contributed by atoms with Crippen molar-refractivity contribution in [3.63, 3.8) is 0 Å². The van der Waals surface area contributed by atoms with Gasteiger partial charge in [0.05, 0.1) is 0 Å². The second-order valence-electron chi connectivity index (χ2n) is 2.28. The average molecular weight is 246 g/mol. The van der Waals surface area contributed by atoms with Gasteiger partial charge in [-0.25, -0.2) is 9.13 Å². The predicted octanol–water partition coefficient (Wildman–Crippen LogP) is 1.02. The molecule has 4 N–H and O–H groups in total. The van der Waals surface area contributed by atoms with Crippen LogP contribution in [0.25, 0.3) is 0 Å². The first-order valence-corrected chi connectivity index (χ1v) is 9.20. The summed E-state index contributed by atoms with van der Waals surface area (Å²) in [5, 5.41) is 1.82. The van der Waals surface area contributed by atoms with E-state index < -0.39 is 22.9 Å². The highest BCUT2D eigenvalue weighted by Gasteiger charge is 2.52. The summed E-state index contributed by atoms with van der Waals surface area (Å²) in [7, 11) is -3.42. The van der Waals surface area contributed by atoms with E-state index in [1.165, 1.54) is 12.2 Å². The molecule has 1 aliphatic heterocycles. The maximum atomic E-state index is 10.9. The zero-order valence-corrected chi connectivity index (χ0v) is 8.82. The third-order valence-corrected chi connectivity index (χ3v) is 13.9. The van der Waals surface area contributed by atoms with Crippen LogP contribution in [0.3, 0.4) is 0 Å². The second kappa shape index (κ2) is 3.07. The fourth-order valence-corrected chi connectivity index (χ4v) is 8.54. The molecule has 0 aromatic rings. The summed E-state index contributed by atoms with van der Waals surface area (Å²) < 4.78 is 21.9. The predicted molar refractivity (Wildman–Crippen MR) is 50.0 cm³/mol. The van der Waals surface area contributed by atoms with Crippen molar-refractivity contribution >= 4 is 22.9 Å². The van der Waals surface area contributed by atoms with E-state index in [0.29, 0.717) is 0 Å². The summed E-state index contributed by atoms with van der Waals surface area (Å²) in [5.74, 6) is 0. The van der Waals surface area contributed by atoms with Crippen LogP contribution in [0, 0.1) is 0 Å². The number of allylic oxidation sites excluding steroid dienone is 2. The van der Waals surface area contributed by atoms with Crippen molar-refractivity contribution in [3.05, 3.63) is 23.0 Å². The molecule has 0 atom stereocenters. The summed E-state index contributed by atoms with van der Waals surface area (Å²) in [6.45, 7) is -9.64. The largest absolute Gasteiger partial charge is 0.383 e. The quantitative estimate of drug-likeness (QED) is 0.540. The first-order valence-electron chi connectivity index (χ1n) is 3.00. The maximum absolute atomic E-state index is 10.9. The van der Waals surface area contributed by atoms with Crippen LogP contribution in [-0.4, -0.2) is 19.6 Å². The van der Waals surface area contributed by atoms with Crippen LogP contribution < -0.4 is 0 Å². The Morgan fingerprint density at radius 3 is 1.31 bits per heavy atom. The van der Waals surface area contributed by atoms with Crippen LogP contribution in [0.1, 0.15) is 0 Å². The molecule has 0 bridgehead atoms. The second-order valence-corrected chi connectivity index (χ2v) is 13.4. The SMILES string of the molecule is O=P(O)(O)S1(P(=O)(O)O)C=CC=C1. The van der Waals surface area contributed by atoms with Crippen LogP contribution in [-0.2, 0) is 9.13 Å². The van der Waals surface area contributed by atoms with Gasteiger partial charge in [-0.15, -0.1) is 0 Å². The zero-order chi connectivity index (χ0) is 10.3. The van der Waals surface area contributed by atoms with Gasteiger partial charge in [-0.2, -0.15) is 0 Å². The third kappa shape index (κ3) is 1.69. The highest BCUT2D eigenvalue weighted by atomic mass is 33.1. The van der Waals surface area contributed by atoms with Crippen molar-refractivity contribution in [2.75, 3.05) is 0 Å². The molecule has 13 heavy (non-hydrogen) atoms. The third-order valence-electron chi connectivity index (χ3n) is 1.43. The Labute approximate surface area is 75.1 Å². The van der Waals surface area contributed by atoms with Gasteiger partial charge in [0.25, 0.3) is 0 Å². The van der Waals surface area contributed by atoms with Crippen molar-refractivity contribution in [1.82, 2.24) is 0 Å². The molecule has 0 saturated carbocycles. The summed E-state index contributed by atoms with van der Waals surface area (Å²) in [6.07, 6.45) is 2.46. The molecular formula is C4H8O6P2S. The number of hydrogen-bond donors (Lipinski definition) is 4. The summed E-state index contributed by atoms with van der Waals surface area (Å²) in [6, 6.07) is 0. The highest BCUT2D eigenvalue weighted by molar-refractivity contribution is 9.05. The Hall–Kier alpha value is 0.130. The van der Waals surface area contributed by atoms with Crippen LogP contribution in [0.2, 0.25) is 0 Å². The van der Waals surface area contributed by atoms with E-state index in [4.69, 9.17) is 19.6 Å². The zero-order valence-electron chi connectivity index (χ0n) is 6.22. The lowest BCUT2D eigenvalue weighted by Gasteiger charge is -2.31. The summed E-state index contributed by atoms with van der Waals surface area (Å²) in [5.41, 5.74) is 0. The number of rotatable bonds is 2. The van der Waals surface area contributed by atoms with Gasteiger partial charge >= 0.3 is 13.6 Å². The molecule has 0 radical (unpaired) electrons. The molecule has 6 nitrogen and oxygen atoms in total. The lowest BCUT2D eigenvalue weighted by atomic mass is 10.6. The van der Waals surface area contributed by atoms with Crippen LogP contribution in [0.15, 0.2) is 23.0 Å². The summed E-state index contributed by atoms with van der Waals surface area (Å²) >= 11 is 0. The molecule has 0 amide bonds. The van der Waals surface area contributed by atoms with Gasteiger partial charge in [0.15, 0.2) is 0 Å². The minimum absolute atomic E-state index is 0.911. The van der Waals surface area contributed by atoms with E-state index >= 15 is 0 Å². The Morgan fingerprint density at radius 2 is 1.15 bits per heavy atom. The maximum Gasteiger partial charge on any atom is 0.383 e. The van der Waals surface area contributed by atoms with Crippen molar-refractivity contribution in [2.24, 2.45) is 0 Å². The van der Waals surface area contributed by atoms with E-state index in [0.717, 1.165) is 10.8 Å². The van der Waals surface area contributed by atoms with Crippen molar-refractivity contribution < 1.29 is 28.7 Å². The van der Waals surface area contributed by atoms with Crippen molar-refractivity contribution in [1.29, 1.82) is 0 Å². The fourth-order valence-electron chi connectivity index (χ4n) is 0.823. The van der Waals surface area contributed by atoms with Gasteiger partial charge in [-0.05, 0) is 20.1 Å². The normalized spacial score (nSPS) is 23.4. The molecule has 1 heterocycles.